The molecule has 1 aliphatic carbocycles. The molecule has 4 aromatic rings. The van der Waals surface area contributed by atoms with Crippen molar-refractivity contribution in [2.75, 3.05) is 0 Å². The van der Waals surface area contributed by atoms with E-state index in [2.05, 4.69) is 97.1 Å². The van der Waals surface area contributed by atoms with E-state index >= 15 is 0 Å². The molecular weight excluding hydrogens is 396 g/mol. The van der Waals surface area contributed by atoms with Gasteiger partial charge in [0, 0.05) is 0 Å². The number of fused-ring (bicyclic) bond motifs is 4. The third-order valence-corrected chi connectivity index (χ3v) is 8.49. The van der Waals surface area contributed by atoms with Gasteiger partial charge in [-0.15, -0.1) is 0 Å². The van der Waals surface area contributed by atoms with E-state index in [-0.39, 0.29) is 5.12 Å². The zero-order chi connectivity index (χ0) is 20.9. The Morgan fingerprint density at radius 3 is 1.42 bits per heavy atom. The summed E-state index contributed by atoms with van der Waals surface area (Å²) >= 11 is 1.51. The zero-order valence-corrected chi connectivity index (χ0v) is 17.9. The molecule has 150 valence electrons. The lowest BCUT2D eigenvalue weighted by Crippen LogP contribution is -2.62. The fraction of sp³-hybridized carbons (Fsp3) is 0.138. The van der Waals surface area contributed by atoms with Crippen LogP contribution in [0.25, 0.3) is 0 Å². The molecule has 0 atom stereocenters. The van der Waals surface area contributed by atoms with E-state index in [1.165, 1.54) is 34.0 Å². The van der Waals surface area contributed by atoms with Gasteiger partial charge in [-0.3, -0.25) is 4.79 Å². The Bertz CT molecular complexity index is 1190. The zero-order valence-electron chi connectivity index (χ0n) is 17.1. The third kappa shape index (κ3) is 2.37. The number of carbonyl (C=O) groups excluding carboxylic acids is 1. The molecule has 1 spiro atoms. The highest BCUT2D eigenvalue weighted by molar-refractivity contribution is 8.17. The summed E-state index contributed by atoms with van der Waals surface area (Å²) < 4.78 is -0.490. The molecular formula is C29H22OS. The van der Waals surface area contributed by atoms with E-state index in [1.807, 2.05) is 12.1 Å². The van der Waals surface area contributed by atoms with Crippen LogP contribution in [0.5, 0.6) is 0 Å². The van der Waals surface area contributed by atoms with E-state index in [4.69, 9.17) is 0 Å². The van der Waals surface area contributed by atoms with Crippen LogP contribution < -0.4 is 0 Å². The lowest BCUT2D eigenvalue weighted by Gasteiger charge is -2.58. The standard InChI is InChI=1S/C29H22OS/c30-27-28(23-13-3-1-4-14-23,24-15-5-2-6-16-24)29(31-27)25-17-9-7-11-21(25)19-20-22-12-8-10-18-26(22)29/h1-18H,19-20H2. The fourth-order valence-corrected chi connectivity index (χ4v) is 7.43. The Morgan fingerprint density at radius 2 is 0.968 bits per heavy atom. The molecule has 0 radical (unpaired) electrons. The summed E-state index contributed by atoms with van der Waals surface area (Å²) in [4.78, 5) is 13.9. The summed E-state index contributed by atoms with van der Waals surface area (Å²) in [6.07, 6.45) is 1.98. The van der Waals surface area contributed by atoms with Gasteiger partial charge in [0.05, 0.1) is 4.75 Å². The van der Waals surface area contributed by atoms with Gasteiger partial charge in [0.15, 0.2) is 0 Å². The Balaban J connectivity index is 1.79. The van der Waals surface area contributed by atoms with Crippen LogP contribution in [0.3, 0.4) is 0 Å². The second-order valence-corrected chi connectivity index (χ2v) is 9.55. The molecule has 1 nitrogen and oxygen atoms in total. The van der Waals surface area contributed by atoms with E-state index < -0.39 is 10.2 Å². The van der Waals surface area contributed by atoms with Crippen LogP contribution in [-0.4, -0.2) is 5.12 Å². The number of carbonyl (C=O) groups is 1. The molecule has 0 bridgehead atoms. The normalized spacial score (nSPS) is 17.9. The first-order valence-electron chi connectivity index (χ1n) is 10.8. The largest absolute Gasteiger partial charge is 0.286 e. The van der Waals surface area contributed by atoms with Crippen LogP contribution in [0, 0.1) is 0 Å². The average molecular weight is 419 g/mol. The predicted octanol–water partition coefficient (Wildman–Crippen LogP) is 6.29. The van der Waals surface area contributed by atoms with Crippen LogP contribution in [0.4, 0.5) is 0 Å². The van der Waals surface area contributed by atoms with Crippen molar-refractivity contribution in [3.63, 3.8) is 0 Å². The quantitative estimate of drug-likeness (QED) is 0.381. The first-order chi connectivity index (χ1) is 15.3. The van der Waals surface area contributed by atoms with Gasteiger partial charge in [-0.25, -0.2) is 0 Å². The fourth-order valence-electron chi connectivity index (χ4n) is 5.67. The minimum Gasteiger partial charge on any atom is -0.286 e. The van der Waals surface area contributed by atoms with Crippen molar-refractivity contribution in [3.05, 3.63) is 143 Å². The molecule has 1 fully saturated rings. The summed E-state index contributed by atoms with van der Waals surface area (Å²) in [5.41, 5.74) is 6.60. The van der Waals surface area contributed by atoms with Gasteiger partial charge < -0.3 is 0 Å². The van der Waals surface area contributed by atoms with Crippen LogP contribution >= 0.6 is 11.8 Å². The van der Waals surface area contributed by atoms with Crippen LogP contribution in [0.15, 0.2) is 109 Å². The molecule has 1 aliphatic heterocycles. The molecule has 31 heavy (non-hydrogen) atoms. The molecule has 2 heteroatoms. The Morgan fingerprint density at radius 1 is 0.548 bits per heavy atom. The molecule has 6 rings (SSSR count). The second kappa shape index (κ2) is 6.96. The van der Waals surface area contributed by atoms with Crippen molar-refractivity contribution >= 4 is 16.9 Å². The molecule has 0 amide bonds. The van der Waals surface area contributed by atoms with E-state index in [9.17, 15) is 4.79 Å². The summed E-state index contributed by atoms with van der Waals surface area (Å²) in [6.45, 7) is 0. The van der Waals surface area contributed by atoms with Crippen molar-refractivity contribution in [1.82, 2.24) is 0 Å². The van der Waals surface area contributed by atoms with Crippen LogP contribution in [-0.2, 0) is 27.8 Å². The van der Waals surface area contributed by atoms with Crippen molar-refractivity contribution in [2.45, 2.75) is 23.0 Å². The number of benzene rings is 4. The summed E-state index contributed by atoms with van der Waals surface area (Å²) in [6, 6.07) is 38.3. The number of rotatable bonds is 2. The SMILES string of the molecule is O=C1SC2(c3ccccc3CCc3ccccc32)C1(c1ccccc1)c1ccccc1. The van der Waals surface area contributed by atoms with Crippen molar-refractivity contribution in [2.24, 2.45) is 0 Å². The molecule has 1 heterocycles. The van der Waals surface area contributed by atoms with Gasteiger partial charge in [0.2, 0.25) is 5.12 Å². The van der Waals surface area contributed by atoms with Gasteiger partial charge in [-0.2, -0.15) is 0 Å². The summed E-state index contributed by atoms with van der Waals surface area (Å²) in [5, 5.41) is 0.219. The maximum Gasteiger partial charge on any atom is 0.207 e. The summed E-state index contributed by atoms with van der Waals surface area (Å²) in [7, 11) is 0. The topological polar surface area (TPSA) is 17.1 Å². The number of aryl methyl sites for hydroxylation is 2. The van der Waals surface area contributed by atoms with Gasteiger partial charge in [-0.1, -0.05) is 121 Å². The maximum atomic E-state index is 13.9. The number of hydrogen-bond donors (Lipinski definition) is 0. The molecule has 0 N–H and O–H groups in total. The third-order valence-electron chi connectivity index (χ3n) is 6.95. The minimum atomic E-state index is -0.767. The van der Waals surface area contributed by atoms with Crippen LogP contribution in [0.1, 0.15) is 33.4 Å². The van der Waals surface area contributed by atoms with Crippen molar-refractivity contribution in [3.8, 4) is 0 Å². The minimum absolute atomic E-state index is 0.219. The first-order valence-corrected chi connectivity index (χ1v) is 11.6. The van der Waals surface area contributed by atoms with Crippen molar-refractivity contribution in [1.29, 1.82) is 0 Å². The Kier molecular flexibility index (Phi) is 4.19. The molecule has 4 aromatic carbocycles. The molecule has 1 saturated heterocycles. The van der Waals surface area contributed by atoms with E-state index in [1.54, 1.807) is 0 Å². The second-order valence-electron chi connectivity index (χ2n) is 8.37. The number of hydrogen-bond acceptors (Lipinski definition) is 2. The van der Waals surface area contributed by atoms with Crippen molar-refractivity contribution < 1.29 is 4.79 Å². The lowest BCUT2D eigenvalue weighted by atomic mass is 9.59. The predicted molar refractivity (Wildman–Crippen MR) is 127 cm³/mol. The highest BCUT2D eigenvalue weighted by Gasteiger charge is 2.71. The monoisotopic (exact) mass is 418 g/mol. The average Bonchev–Trinajstić information content (AvgIpc) is 2.97. The van der Waals surface area contributed by atoms with E-state index in [0.29, 0.717) is 0 Å². The van der Waals surface area contributed by atoms with E-state index in [0.717, 1.165) is 24.0 Å². The maximum absolute atomic E-state index is 13.9. The lowest BCUT2D eigenvalue weighted by molar-refractivity contribution is -0.117. The molecule has 0 unspecified atom stereocenters. The summed E-state index contributed by atoms with van der Waals surface area (Å²) in [5.74, 6) is 0. The van der Waals surface area contributed by atoms with Gasteiger partial charge in [-0.05, 0) is 46.2 Å². The first kappa shape index (κ1) is 18.7. The molecule has 0 aromatic heterocycles. The van der Waals surface area contributed by atoms with Gasteiger partial charge >= 0.3 is 0 Å². The molecule has 2 aliphatic rings. The van der Waals surface area contributed by atoms with Crippen LogP contribution in [0.2, 0.25) is 0 Å². The molecule has 0 saturated carbocycles. The number of thioether (sulfide) groups is 1. The van der Waals surface area contributed by atoms with Gasteiger partial charge in [0.25, 0.3) is 0 Å². The Labute approximate surface area is 187 Å². The highest BCUT2D eigenvalue weighted by Crippen LogP contribution is 2.70. The smallest absolute Gasteiger partial charge is 0.207 e. The Hall–Kier alpha value is -3.10. The van der Waals surface area contributed by atoms with Gasteiger partial charge in [0.1, 0.15) is 5.41 Å². The highest BCUT2D eigenvalue weighted by atomic mass is 32.2.